The second-order valence-electron chi connectivity index (χ2n) is 6.72. The fourth-order valence-electron chi connectivity index (χ4n) is 3.27. The molecule has 2 unspecified atom stereocenters. The van der Waals surface area contributed by atoms with Gasteiger partial charge in [0.05, 0.1) is 13.2 Å². The summed E-state index contributed by atoms with van der Waals surface area (Å²) in [6.07, 6.45) is -15.2. The molecule has 2 aliphatic rings. The molecule has 28 heavy (non-hydrogen) atoms. The van der Waals surface area contributed by atoms with Gasteiger partial charge in [0.1, 0.15) is 67.5 Å². The van der Waals surface area contributed by atoms with Gasteiger partial charge < -0.3 is 55.1 Å². The molecule has 0 spiro atoms. The molecule has 0 amide bonds. The van der Waals surface area contributed by atoms with Crippen LogP contribution in [0.1, 0.15) is 6.42 Å². The highest BCUT2D eigenvalue weighted by atomic mass is 16.6. The lowest BCUT2D eigenvalue weighted by Crippen LogP contribution is -2.75. The van der Waals surface area contributed by atoms with Crippen molar-refractivity contribution in [3.8, 4) is 0 Å². The highest BCUT2D eigenvalue weighted by Crippen LogP contribution is 2.37. The van der Waals surface area contributed by atoms with E-state index in [9.17, 15) is 45.3 Å². The summed E-state index contributed by atoms with van der Waals surface area (Å²) < 4.78 is 14.9. The Morgan fingerprint density at radius 3 is 2.25 bits per heavy atom. The molecule has 9 atom stereocenters. The van der Waals surface area contributed by atoms with E-state index < -0.39 is 92.6 Å². The Bertz CT molecular complexity index is 570. The van der Waals surface area contributed by atoms with Crippen molar-refractivity contribution in [3.05, 3.63) is 0 Å². The van der Waals surface area contributed by atoms with Crippen molar-refractivity contribution >= 4 is 11.9 Å². The van der Waals surface area contributed by atoms with Crippen LogP contribution in [0.4, 0.5) is 0 Å². The molecule has 0 aliphatic carbocycles. The molecule has 13 heteroatoms. The van der Waals surface area contributed by atoms with Gasteiger partial charge in [0.25, 0.3) is 0 Å². The number of ether oxygens (including phenoxy) is 3. The van der Waals surface area contributed by atoms with E-state index in [0.29, 0.717) is 0 Å². The van der Waals surface area contributed by atoms with E-state index in [4.69, 9.17) is 14.6 Å². The van der Waals surface area contributed by atoms with Crippen molar-refractivity contribution in [1.29, 1.82) is 0 Å². The second-order valence-corrected chi connectivity index (χ2v) is 6.72. The van der Waals surface area contributed by atoms with Crippen LogP contribution in [-0.2, 0) is 23.8 Å². The first-order chi connectivity index (χ1) is 13.0. The molecule has 0 bridgehead atoms. The Labute approximate surface area is 158 Å². The van der Waals surface area contributed by atoms with Gasteiger partial charge in [0, 0.05) is 0 Å². The normalized spacial score (nSPS) is 44.1. The van der Waals surface area contributed by atoms with Crippen LogP contribution in [0.15, 0.2) is 0 Å². The molecule has 162 valence electrons. The quantitative estimate of drug-likeness (QED) is 0.151. The Kier molecular flexibility index (Phi) is 7.30. The van der Waals surface area contributed by atoms with Crippen LogP contribution in [0.25, 0.3) is 0 Å². The van der Waals surface area contributed by atoms with Crippen LogP contribution >= 0.6 is 0 Å². The van der Waals surface area contributed by atoms with Crippen LogP contribution in [0.3, 0.4) is 0 Å². The molecular weight excluding hydrogens is 388 g/mol. The molecule has 0 aromatic heterocycles. The van der Waals surface area contributed by atoms with Gasteiger partial charge >= 0.3 is 11.9 Å². The minimum atomic E-state index is -2.62. The average molecular weight is 412 g/mol. The zero-order valence-corrected chi connectivity index (χ0v) is 14.6. The fraction of sp³-hybridized carbons (Fsp3) is 0.867. The molecule has 0 aromatic carbocycles. The first-order valence-corrected chi connectivity index (χ1v) is 8.42. The predicted molar refractivity (Wildman–Crippen MR) is 83.7 cm³/mol. The monoisotopic (exact) mass is 412 g/mol. The zero-order chi connectivity index (χ0) is 21.2. The van der Waals surface area contributed by atoms with Crippen LogP contribution in [0, 0.1) is 0 Å². The summed E-state index contributed by atoms with van der Waals surface area (Å²) >= 11 is 0. The zero-order valence-electron chi connectivity index (χ0n) is 14.6. The van der Waals surface area contributed by atoms with Gasteiger partial charge in [0.2, 0.25) is 0 Å². The predicted octanol–water partition coefficient (Wildman–Crippen LogP) is -5.30. The van der Waals surface area contributed by atoms with Gasteiger partial charge in [-0.15, -0.1) is 0 Å². The third-order valence-corrected chi connectivity index (χ3v) is 4.88. The van der Waals surface area contributed by atoms with Crippen molar-refractivity contribution < 1.29 is 64.7 Å². The number of carboxylic acid groups (broad SMARTS) is 1. The number of aliphatic hydroxyl groups excluding tert-OH is 6. The molecule has 2 aliphatic heterocycles. The van der Waals surface area contributed by atoms with Crippen molar-refractivity contribution in [2.24, 2.45) is 0 Å². The molecule has 0 radical (unpaired) electrons. The molecule has 13 nitrogen and oxygen atoms in total. The minimum Gasteiger partial charge on any atom is -0.481 e. The van der Waals surface area contributed by atoms with Gasteiger partial charge in [-0.2, -0.15) is 0 Å². The van der Waals surface area contributed by atoms with Crippen molar-refractivity contribution in [2.45, 2.75) is 60.9 Å². The standard InChI is InChI=1S/C15H24O13/c16-2-5-13(24)15(25,7(17)4-26-5)14-12(23)11(22)10(21)6(28-14)3-27-9(20)1-8(18)19/h5-7,10-14,16-17,21-25H,1-4H2,(H,18,19)/t5?,6-,7+,10-,11+,12-,13-,14?,15-/m1/s1. The summed E-state index contributed by atoms with van der Waals surface area (Å²) in [6.45, 7) is -2.02. The molecule has 2 saturated heterocycles. The van der Waals surface area contributed by atoms with Gasteiger partial charge in [-0.1, -0.05) is 0 Å². The highest BCUT2D eigenvalue weighted by Gasteiger charge is 2.62. The molecule has 2 heterocycles. The van der Waals surface area contributed by atoms with Crippen LogP contribution in [0.5, 0.6) is 0 Å². The molecule has 8 N–H and O–H groups in total. The number of hydrogen-bond donors (Lipinski definition) is 8. The Hall–Kier alpha value is -1.42. The maximum absolute atomic E-state index is 11.4. The largest absolute Gasteiger partial charge is 0.481 e. The van der Waals surface area contributed by atoms with Crippen molar-refractivity contribution in [1.82, 2.24) is 0 Å². The molecule has 2 rings (SSSR count). The summed E-state index contributed by atoms with van der Waals surface area (Å²) in [5.41, 5.74) is -2.62. The Balaban J connectivity index is 2.20. The minimum absolute atomic E-state index is 0.539. The van der Waals surface area contributed by atoms with E-state index in [2.05, 4.69) is 4.74 Å². The molecular formula is C15H24O13. The number of carbonyl (C=O) groups excluding carboxylic acids is 1. The van der Waals surface area contributed by atoms with Gasteiger partial charge in [0.15, 0.2) is 0 Å². The third kappa shape index (κ3) is 4.27. The van der Waals surface area contributed by atoms with E-state index in [1.54, 1.807) is 0 Å². The summed E-state index contributed by atoms with van der Waals surface area (Å²) in [7, 11) is 0. The summed E-state index contributed by atoms with van der Waals surface area (Å²) in [6, 6.07) is 0. The van der Waals surface area contributed by atoms with Gasteiger partial charge in [-0.3, -0.25) is 9.59 Å². The lowest BCUT2D eigenvalue weighted by atomic mass is 9.75. The number of carboxylic acids is 1. The van der Waals surface area contributed by atoms with Gasteiger partial charge in [-0.25, -0.2) is 0 Å². The lowest BCUT2D eigenvalue weighted by Gasteiger charge is -2.52. The fourth-order valence-corrected chi connectivity index (χ4v) is 3.27. The van der Waals surface area contributed by atoms with Crippen LogP contribution in [0.2, 0.25) is 0 Å². The second kappa shape index (κ2) is 8.94. The van der Waals surface area contributed by atoms with Crippen molar-refractivity contribution in [2.75, 3.05) is 19.8 Å². The first-order valence-electron chi connectivity index (χ1n) is 8.42. The van der Waals surface area contributed by atoms with E-state index in [1.165, 1.54) is 0 Å². The number of esters is 1. The molecule has 0 aromatic rings. The van der Waals surface area contributed by atoms with E-state index in [0.717, 1.165) is 0 Å². The topological polar surface area (TPSA) is 224 Å². The Morgan fingerprint density at radius 2 is 1.68 bits per heavy atom. The first kappa shape index (κ1) is 22.9. The van der Waals surface area contributed by atoms with Crippen LogP contribution < -0.4 is 0 Å². The number of rotatable bonds is 6. The number of hydrogen-bond acceptors (Lipinski definition) is 12. The summed E-state index contributed by atoms with van der Waals surface area (Å²) in [4.78, 5) is 21.8. The van der Waals surface area contributed by atoms with E-state index in [-0.39, 0.29) is 0 Å². The average Bonchev–Trinajstić information content (AvgIpc) is 2.63. The maximum Gasteiger partial charge on any atom is 0.317 e. The van der Waals surface area contributed by atoms with Crippen LogP contribution in [-0.4, -0.2) is 127 Å². The number of aliphatic carboxylic acids is 1. The lowest BCUT2D eigenvalue weighted by molar-refractivity contribution is -0.332. The summed E-state index contributed by atoms with van der Waals surface area (Å²) in [5, 5.41) is 79.4. The number of carbonyl (C=O) groups is 2. The number of aliphatic hydroxyl groups is 7. The molecule has 0 saturated carbocycles. The Morgan fingerprint density at radius 1 is 1.04 bits per heavy atom. The SMILES string of the molecule is O=C(O)CC(=O)OC[C@H]1OC([C@]2(O)[C@H](O)C(CO)OC[C@@H]2O)[C@H](O)[C@@H](O)[C@@H]1O. The third-order valence-electron chi connectivity index (χ3n) is 4.88. The van der Waals surface area contributed by atoms with E-state index >= 15 is 0 Å². The van der Waals surface area contributed by atoms with E-state index in [1.807, 2.05) is 0 Å². The molecule has 2 fully saturated rings. The van der Waals surface area contributed by atoms with Crippen molar-refractivity contribution in [3.63, 3.8) is 0 Å². The summed E-state index contributed by atoms with van der Waals surface area (Å²) in [5.74, 6) is -2.62. The maximum atomic E-state index is 11.4. The highest BCUT2D eigenvalue weighted by molar-refractivity contribution is 5.90. The van der Waals surface area contributed by atoms with Gasteiger partial charge in [-0.05, 0) is 0 Å². The smallest absolute Gasteiger partial charge is 0.317 e.